The second-order valence-electron chi connectivity index (χ2n) is 2.57. The van der Waals surface area contributed by atoms with Crippen molar-refractivity contribution in [1.29, 1.82) is 5.26 Å². The van der Waals surface area contributed by atoms with E-state index in [0.29, 0.717) is 24.3 Å². The maximum atomic E-state index is 8.59. The minimum atomic E-state index is 0.123. The zero-order chi connectivity index (χ0) is 9.52. The molecule has 0 radical (unpaired) electrons. The fourth-order valence-corrected chi connectivity index (χ4v) is 0.910. The van der Waals surface area contributed by atoms with Crippen molar-refractivity contribution < 1.29 is 9.84 Å². The zero-order valence-electron chi connectivity index (χ0n) is 7.23. The highest BCUT2D eigenvalue weighted by atomic mass is 16.5. The Morgan fingerprint density at radius 1 is 1.46 bits per heavy atom. The molecule has 0 aromatic heterocycles. The number of aliphatic hydroxyl groups excluding tert-OH is 1. The van der Waals surface area contributed by atoms with Crippen molar-refractivity contribution >= 4 is 0 Å². The lowest BCUT2D eigenvalue weighted by molar-refractivity contribution is 0.233. The molecule has 1 N–H and O–H groups in total. The Labute approximate surface area is 77.2 Å². The van der Waals surface area contributed by atoms with E-state index in [1.54, 1.807) is 24.3 Å². The molecule has 0 aliphatic carbocycles. The van der Waals surface area contributed by atoms with Crippen LogP contribution in [0.3, 0.4) is 0 Å². The maximum Gasteiger partial charge on any atom is 0.120 e. The van der Waals surface area contributed by atoms with Crippen LogP contribution in [-0.4, -0.2) is 18.3 Å². The second kappa shape index (κ2) is 5.18. The van der Waals surface area contributed by atoms with Gasteiger partial charge in [-0.25, -0.2) is 0 Å². The summed E-state index contributed by atoms with van der Waals surface area (Å²) >= 11 is 0. The van der Waals surface area contributed by atoms with Crippen LogP contribution in [0.2, 0.25) is 0 Å². The van der Waals surface area contributed by atoms with Crippen LogP contribution in [0, 0.1) is 11.3 Å². The van der Waals surface area contributed by atoms with E-state index in [1.165, 1.54) is 0 Å². The molecule has 0 spiro atoms. The fraction of sp³-hybridized carbons (Fsp3) is 0.300. The van der Waals surface area contributed by atoms with Gasteiger partial charge in [0, 0.05) is 13.0 Å². The van der Waals surface area contributed by atoms with Crippen LogP contribution < -0.4 is 4.74 Å². The predicted molar refractivity (Wildman–Crippen MR) is 48.4 cm³/mol. The topological polar surface area (TPSA) is 53.2 Å². The molecule has 0 saturated carbocycles. The monoisotopic (exact) mass is 177 g/mol. The smallest absolute Gasteiger partial charge is 0.120 e. The van der Waals surface area contributed by atoms with E-state index in [1.807, 2.05) is 6.07 Å². The van der Waals surface area contributed by atoms with Crippen molar-refractivity contribution in [3.8, 4) is 11.8 Å². The molecule has 13 heavy (non-hydrogen) atoms. The standard InChI is InChI=1S/C10H11NO2/c11-8-9-3-1-4-10(7-9)13-6-2-5-12/h1,3-4,7,12H,2,5-6H2. The van der Waals surface area contributed by atoms with E-state index >= 15 is 0 Å². The first kappa shape index (κ1) is 9.56. The third-order valence-electron chi connectivity index (χ3n) is 1.53. The van der Waals surface area contributed by atoms with Crippen molar-refractivity contribution in [2.75, 3.05) is 13.2 Å². The van der Waals surface area contributed by atoms with Gasteiger partial charge in [0.15, 0.2) is 0 Å². The fourth-order valence-electron chi connectivity index (χ4n) is 0.910. The lowest BCUT2D eigenvalue weighted by atomic mass is 10.2. The maximum absolute atomic E-state index is 8.59. The Hall–Kier alpha value is -1.53. The minimum Gasteiger partial charge on any atom is -0.493 e. The number of benzene rings is 1. The van der Waals surface area contributed by atoms with Crippen molar-refractivity contribution in [3.63, 3.8) is 0 Å². The Morgan fingerprint density at radius 3 is 3.00 bits per heavy atom. The molecule has 0 aliphatic heterocycles. The molecule has 3 heteroatoms. The van der Waals surface area contributed by atoms with Gasteiger partial charge in [0.1, 0.15) is 5.75 Å². The second-order valence-corrected chi connectivity index (χ2v) is 2.57. The van der Waals surface area contributed by atoms with Crippen LogP contribution in [0.1, 0.15) is 12.0 Å². The SMILES string of the molecule is N#Cc1cccc(OCCCO)c1. The number of nitriles is 1. The molecule has 0 saturated heterocycles. The quantitative estimate of drug-likeness (QED) is 0.705. The average molecular weight is 177 g/mol. The van der Waals surface area contributed by atoms with Gasteiger partial charge >= 0.3 is 0 Å². The molecule has 0 heterocycles. The van der Waals surface area contributed by atoms with E-state index in [2.05, 4.69) is 0 Å². The molecule has 0 bridgehead atoms. The molecule has 1 aromatic carbocycles. The number of rotatable bonds is 4. The summed E-state index contributed by atoms with van der Waals surface area (Å²) in [5, 5.41) is 17.1. The third kappa shape index (κ3) is 3.14. The van der Waals surface area contributed by atoms with Gasteiger partial charge < -0.3 is 9.84 Å². The van der Waals surface area contributed by atoms with Crippen LogP contribution in [0.4, 0.5) is 0 Å². The molecule has 1 rings (SSSR count). The highest BCUT2D eigenvalue weighted by molar-refractivity contribution is 5.36. The molecule has 3 nitrogen and oxygen atoms in total. The van der Waals surface area contributed by atoms with E-state index in [9.17, 15) is 0 Å². The largest absolute Gasteiger partial charge is 0.493 e. The highest BCUT2D eigenvalue weighted by Crippen LogP contribution is 2.12. The Bertz CT molecular complexity index is 304. The average Bonchev–Trinajstić information content (AvgIpc) is 2.19. The van der Waals surface area contributed by atoms with E-state index < -0.39 is 0 Å². The molecule has 0 aliphatic rings. The van der Waals surface area contributed by atoms with Gasteiger partial charge in [-0.15, -0.1) is 0 Å². The van der Waals surface area contributed by atoms with Crippen molar-refractivity contribution in [1.82, 2.24) is 0 Å². The van der Waals surface area contributed by atoms with Crippen molar-refractivity contribution in [3.05, 3.63) is 29.8 Å². The molecular weight excluding hydrogens is 166 g/mol. The number of nitrogens with zero attached hydrogens (tertiary/aromatic N) is 1. The summed E-state index contributed by atoms with van der Waals surface area (Å²) in [6, 6.07) is 8.99. The summed E-state index contributed by atoms with van der Waals surface area (Å²) in [4.78, 5) is 0. The molecule has 68 valence electrons. The minimum absolute atomic E-state index is 0.123. The molecule has 1 aromatic rings. The molecule has 0 fully saturated rings. The van der Waals surface area contributed by atoms with Crippen molar-refractivity contribution in [2.45, 2.75) is 6.42 Å². The first-order valence-corrected chi connectivity index (χ1v) is 4.10. The summed E-state index contributed by atoms with van der Waals surface area (Å²) in [5.74, 6) is 0.674. The Kier molecular flexibility index (Phi) is 3.80. The molecule has 0 unspecified atom stereocenters. The molecular formula is C10H11NO2. The van der Waals surface area contributed by atoms with Crippen LogP contribution >= 0.6 is 0 Å². The van der Waals surface area contributed by atoms with Gasteiger partial charge in [0.2, 0.25) is 0 Å². The van der Waals surface area contributed by atoms with Gasteiger partial charge in [-0.3, -0.25) is 0 Å². The summed E-state index contributed by atoms with van der Waals surface area (Å²) in [7, 11) is 0. The van der Waals surface area contributed by atoms with E-state index in [-0.39, 0.29) is 6.61 Å². The van der Waals surface area contributed by atoms with Gasteiger partial charge in [-0.1, -0.05) is 6.07 Å². The zero-order valence-corrected chi connectivity index (χ0v) is 7.23. The van der Waals surface area contributed by atoms with Crippen LogP contribution in [0.15, 0.2) is 24.3 Å². The normalized spacial score (nSPS) is 9.23. The van der Waals surface area contributed by atoms with E-state index in [4.69, 9.17) is 15.1 Å². The summed E-state index contributed by atoms with van der Waals surface area (Å²) in [6.07, 6.45) is 0.608. The van der Waals surface area contributed by atoms with Crippen LogP contribution in [0.25, 0.3) is 0 Å². The summed E-state index contributed by atoms with van der Waals surface area (Å²) in [5.41, 5.74) is 0.585. The van der Waals surface area contributed by atoms with Crippen LogP contribution in [-0.2, 0) is 0 Å². The number of hydrogen-bond acceptors (Lipinski definition) is 3. The number of aliphatic hydroxyl groups is 1. The van der Waals surface area contributed by atoms with Gasteiger partial charge in [0.25, 0.3) is 0 Å². The van der Waals surface area contributed by atoms with Gasteiger partial charge in [0.05, 0.1) is 18.2 Å². The number of hydrogen-bond donors (Lipinski definition) is 1. The highest BCUT2D eigenvalue weighted by Gasteiger charge is 1.94. The predicted octanol–water partition coefficient (Wildman–Crippen LogP) is 1.32. The first-order valence-electron chi connectivity index (χ1n) is 4.10. The molecule has 0 atom stereocenters. The Morgan fingerprint density at radius 2 is 2.31 bits per heavy atom. The first-order chi connectivity index (χ1) is 6.36. The third-order valence-corrected chi connectivity index (χ3v) is 1.53. The lowest BCUT2D eigenvalue weighted by Crippen LogP contribution is -1.99. The van der Waals surface area contributed by atoms with Gasteiger partial charge in [-0.05, 0) is 18.2 Å². The molecule has 0 amide bonds. The van der Waals surface area contributed by atoms with Gasteiger partial charge in [-0.2, -0.15) is 5.26 Å². The summed E-state index contributed by atoms with van der Waals surface area (Å²) < 4.78 is 5.28. The lowest BCUT2D eigenvalue weighted by Gasteiger charge is -2.04. The van der Waals surface area contributed by atoms with E-state index in [0.717, 1.165) is 0 Å². The van der Waals surface area contributed by atoms with Crippen LogP contribution in [0.5, 0.6) is 5.75 Å². The Balaban J connectivity index is 2.52. The summed E-state index contributed by atoms with van der Waals surface area (Å²) in [6.45, 7) is 0.601. The number of ether oxygens (including phenoxy) is 1. The van der Waals surface area contributed by atoms with Crippen molar-refractivity contribution in [2.24, 2.45) is 0 Å².